The number of alkyl halides is 1. The molecule has 0 aromatic carbocycles. The van der Waals surface area contributed by atoms with Crippen molar-refractivity contribution >= 4 is 17.6 Å². The summed E-state index contributed by atoms with van der Waals surface area (Å²) in [4.78, 5) is 10.7. The Morgan fingerprint density at radius 3 is 2.43 bits per heavy atom. The van der Waals surface area contributed by atoms with Gasteiger partial charge in [-0.3, -0.25) is 4.79 Å². The molecular formula is C10H20ClNO2. The van der Waals surface area contributed by atoms with Gasteiger partial charge in [-0.25, -0.2) is 0 Å². The lowest BCUT2D eigenvalue weighted by Gasteiger charge is -2.03. The zero-order valence-electron chi connectivity index (χ0n) is 8.85. The number of esters is 1. The molecule has 0 saturated carbocycles. The first-order valence-corrected chi connectivity index (χ1v) is 5.68. The topological polar surface area (TPSA) is 38.3 Å². The molecule has 0 amide bonds. The first-order chi connectivity index (χ1) is 6.81. The lowest BCUT2D eigenvalue weighted by atomic mass is 10.2. The molecule has 0 fully saturated rings. The van der Waals surface area contributed by atoms with Crippen LogP contribution in [0.4, 0.5) is 0 Å². The summed E-state index contributed by atoms with van der Waals surface area (Å²) < 4.78 is 4.54. The number of ether oxygens (including phenoxy) is 1. The molecule has 0 aromatic rings. The maximum absolute atomic E-state index is 10.7. The summed E-state index contributed by atoms with van der Waals surface area (Å²) in [5.41, 5.74) is 0. The number of nitrogens with one attached hydrogen (secondary N) is 1. The average Bonchev–Trinajstić information content (AvgIpc) is 2.21. The average molecular weight is 222 g/mol. The van der Waals surface area contributed by atoms with Crippen molar-refractivity contribution in [3.63, 3.8) is 0 Å². The molecule has 0 unspecified atom stereocenters. The zero-order chi connectivity index (χ0) is 10.6. The fraction of sp³-hybridized carbons (Fsp3) is 0.900. The minimum Gasteiger partial charge on any atom is -0.469 e. The fourth-order valence-electron chi connectivity index (χ4n) is 1.09. The van der Waals surface area contributed by atoms with E-state index in [9.17, 15) is 4.79 Å². The third-order valence-electron chi connectivity index (χ3n) is 1.95. The zero-order valence-corrected chi connectivity index (χ0v) is 9.61. The van der Waals surface area contributed by atoms with E-state index in [0.717, 1.165) is 44.7 Å². The van der Waals surface area contributed by atoms with Crippen molar-refractivity contribution in [2.24, 2.45) is 0 Å². The number of halogens is 1. The van der Waals surface area contributed by atoms with Crippen LogP contribution in [0, 0.1) is 0 Å². The van der Waals surface area contributed by atoms with Gasteiger partial charge in [0.25, 0.3) is 0 Å². The molecular weight excluding hydrogens is 202 g/mol. The van der Waals surface area contributed by atoms with Crippen molar-refractivity contribution < 1.29 is 9.53 Å². The van der Waals surface area contributed by atoms with Gasteiger partial charge in [0.2, 0.25) is 0 Å². The van der Waals surface area contributed by atoms with E-state index in [1.54, 1.807) is 0 Å². The van der Waals surface area contributed by atoms with Gasteiger partial charge in [0.15, 0.2) is 0 Å². The first kappa shape index (κ1) is 13.7. The second-order valence-electron chi connectivity index (χ2n) is 3.18. The van der Waals surface area contributed by atoms with Gasteiger partial charge in [-0.2, -0.15) is 0 Å². The highest BCUT2D eigenvalue weighted by Crippen LogP contribution is 1.96. The Balaban J connectivity index is 2.95. The van der Waals surface area contributed by atoms with Crippen LogP contribution in [-0.4, -0.2) is 32.0 Å². The molecule has 0 aliphatic carbocycles. The lowest BCUT2D eigenvalue weighted by molar-refractivity contribution is -0.140. The number of carbonyl (C=O) groups excluding carboxylic acids is 1. The number of carbonyl (C=O) groups is 1. The summed E-state index contributed by atoms with van der Waals surface area (Å²) in [7, 11) is 1.42. The van der Waals surface area contributed by atoms with Crippen molar-refractivity contribution in [3.05, 3.63) is 0 Å². The van der Waals surface area contributed by atoms with Crippen molar-refractivity contribution in [3.8, 4) is 0 Å². The van der Waals surface area contributed by atoms with E-state index in [0.29, 0.717) is 6.42 Å². The van der Waals surface area contributed by atoms with Gasteiger partial charge < -0.3 is 10.1 Å². The maximum Gasteiger partial charge on any atom is 0.305 e. The van der Waals surface area contributed by atoms with E-state index in [2.05, 4.69) is 10.1 Å². The smallest absolute Gasteiger partial charge is 0.305 e. The van der Waals surface area contributed by atoms with E-state index in [-0.39, 0.29) is 5.97 Å². The number of methoxy groups -OCH3 is 1. The molecule has 4 heteroatoms. The number of unbranched alkanes of at least 4 members (excludes halogenated alkanes) is 2. The molecule has 0 heterocycles. The Kier molecular flexibility index (Phi) is 10.6. The van der Waals surface area contributed by atoms with Crippen LogP contribution in [0.25, 0.3) is 0 Å². The highest BCUT2D eigenvalue weighted by atomic mass is 35.5. The molecule has 84 valence electrons. The summed E-state index contributed by atoms with van der Waals surface area (Å²) >= 11 is 5.54. The van der Waals surface area contributed by atoms with E-state index in [1.807, 2.05) is 0 Å². The van der Waals surface area contributed by atoms with Crippen molar-refractivity contribution in [1.82, 2.24) is 5.32 Å². The van der Waals surface area contributed by atoms with Gasteiger partial charge in [0, 0.05) is 12.3 Å². The van der Waals surface area contributed by atoms with E-state index < -0.39 is 0 Å². The maximum atomic E-state index is 10.7. The van der Waals surface area contributed by atoms with Crippen molar-refractivity contribution in [2.75, 3.05) is 26.1 Å². The normalized spacial score (nSPS) is 10.1. The van der Waals surface area contributed by atoms with Crippen LogP contribution < -0.4 is 5.32 Å². The minimum absolute atomic E-state index is 0.118. The van der Waals surface area contributed by atoms with Crippen LogP contribution in [-0.2, 0) is 9.53 Å². The molecule has 0 atom stereocenters. The van der Waals surface area contributed by atoms with Crippen molar-refractivity contribution in [2.45, 2.75) is 32.1 Å². The van der Waals surface area contributed by atoms with Gasteiger partial charge >= 0.3 is 5.97 Å². The predicted molar refractivity (Wildman–Crippen MR) is 58.7 cm³/mol. The Bertz CT molecular complexity index is 142. The van der Waals surface area contributed by atoms with Crippen molar-refractivity contribution in [1.29, 1.82) is 0 Å². The summed E-state index contributed by atoms with van der Waals surface area (Å²) in [5, 5.41) is 3.30. The molecule has 0 spiro atoms. The number of hydrogen-bond acceptors (Lipinski definition) is 3. The predicted octanol–water partition coefficient (Wildman–Crippen LogP) is 1.94. The van der Waals surface area contributed by atoms with Crippen LogP contribution >= 0.6 is 11.6 Å². The molecule has 0 rings (SSSR count). The van der Waals surface area contributed by atoms with Gasteiger partial charge in [0.1, 0.15) is 0 Å². The van der Waals surface area contributed by atoms with Gasteiger partial charge in [-0.05, 0) is 38.8 Å². The molecule has 0 aliphatic rings. The minimum atomic E-state index is -0.118. The van der Waals surface area contributed by atoms with E-state index in [1.165, 1.54) is 7.11 Å². The first-order valence-electron chi connectivity index (χ1n) is 5.14. The summed E-state index contributed by atoms with van der Waals surface area (Å²) in [6.45, 7) is 1.99. The monoisotopic (exact) mass is 221 g/mol. The van der Waals surface area contributed by atoms with Gasteiger partial charge in [0.05, 0.1) is 7.11 Å². The quantitative estimate of drug-likeness (QED) is 0.367. The third kappa shape index (κ3) is 9.81. The van der Waals surface area contributed by atoms with E-state index in [4.69, 9.17) is 11.6 Å². The Labute approximate surface area is 91.2 Å². The number of hydrogen-bond donors (Lipinski definition) is 1. The molecule has 14 heavy (non-hydrogen) atoms. The lowest BCUT2D eigenvalue weighted by Crippen LogP contribution is -2.17. The van der Waals surface area contributed by atoms with Crippen LogP contribution in [0.5, 0.6) is 0 Å². The fourth-order valence-corrected chi connectivity index (χ4v) is 1.28. The Hall–Kier alpha value is -0.280. The Morgan fingerprint density at radius 2 is 1.86 bits per heavy atom. The second-order valence-corrected chi connectivity index (χ2v) is 3.56. The van der Waals surface area contributed by atoms with Gasteiger partial charge in [-0.1, -0.05) is 0 Å². The van der Waals surface area contributed by atoms with Crippen LogP contribution in [0.1, 0.15) is 32.1 Å². The highest BCUT2D eigenvalue weighted by Gasteiger charge is 1.98. The SMILES string of the molecule is COC(=O)CCCCNCCCCCl. The summed E-state index contributed by atoms with van der Waals surface area (Å²) in [6.07, 6.45) is 4.64. The summed E-state index contributed by atoms with van der Waals surface area (Å²) in [5.74, 6) is 0.622. The molecule has 0 aliphatic heterocycles. The van der Waals surface area contributed by atoms with Crippen LogP contribution in [0.3, 0.4) is 0 Å². The molecule has 0 saturated heterocycles. The molecule has 0 radical (unpaired) electrons. The third-order valence-corrected chi connectivity index (χ3v) is 2.22. The highest BCUT2D eigenvalue weighted by molar-refractivity contribution is 6.17. The largest absolute Gasteiger partial charge is 0.469 e. The second kappa shape index (κ2) is 10.8. The molecule has 1 N–H and O–H groups in total. The van der Waals surface area contributed by atoms with Gasteiger partial charge in [-0.15, -0.1) is 11.6 Å². The van der Waals surface area contributed by atoms with Crippen LogP contribution in [0.15, 0.2) is 0 Å². The molecule has 3 nitrogen and oxygen atoms in total. The van der Waals surface area contributed by atoms with Crippen LogP contribution in [0.2, 0.25) is 0 Å². The Morgan fingerprint density at radius 1 is 1.21 bits per heavy atom. The molecule has 0 aromatic heterocycles. The molecule has 0 bridgehead atoms. The standard InChI is InChI=1S/C10H20ClNO2/c1-14-10(13)6-2-4-8-12-9-5-3-7-11/h12H,2-9H2,1H3. The number of rotatable bonds is 9. The summed E-state index contributed by atoms with van der Waals surface area (Å²) in [6, 6.07) is 0. The van der Waals surface area contributed by atoms with E-state index >= 15 is 0 Å².